The van der Waals surface area contributed by atoms with Gasteiger partial charge in [-0.2, -0.15) is 0 Å². The molecule has 1 saturated heterocycles. The van der Waals surface area contributed by atoms with Gasteiger partial charge in [-0.15, -0.1) is 0 Å². The molecule has 0 spiro atoms. The van der Waals surface area contributed by atoms with Gasteiger partial charge in [0, 0.05) is 6.42 Å². The van der Waals surface area contributed by atoms with Crippen LogP contribution in [0.5, 0.6) is 0 Å². The minimum absolute atomic E-state index is 0.191. The van der Waals surface area contributed by atoms with Crippen molar-refractivity contribution in [3.05, 3.63) is 35.9 Å². The van der Waals surface area contributed by atoms with Crippen LogP contribution in [-0.4, -0.2) is 5.91 Å². The molecule has 1 aromatic rings. The number of carbonyl (C=O) groups excluding carboxylic acids is 1. The normalized spacial score (nSPS) is 22.6. The molecular formula is C12H15NO. The van der Waals surface area contributed by atoms with Crippen molar-refractivity contribution < 1.29 is 4.79 Å². The third-order valence-electron chi connectivity index (χ3n) is 2.68. The molecule has 1 N–H and O–H groups in total. The maximum Gasteiger partial charge on any atom is 0.220 e. The Balaban J connectivity index is 2.13. The smallest absolute Gasteiger partial charge is 0.220 e. The average molecular weight is 189 g/mol. The van der Waals surface area contributed by atoms with Gasteiger partial charge in [-0.05, 0) is 18.4 Å². The molecule has 2 heteroatoms. The zero-order chi connectivity index (χ0) is 9.80. The summed E-state index contributed by atoms with van der Waals surface area (Å²) in [5.74, 6) is 0.191. The maximum absolute atomic E-state index is 11.4. The molecule has 1 aliphatic heterocycles. The highest BCUT2D eigenvalue weighted by molar-refractivity contribution is 5.76. The summed E-state index contributed by atoms with van der Waals surface area (Å²) in [5.41, 5.74) is 1.22. The Morgan fingerprint density at radius 2 is 1.93 bits per heavy atom. The number of nitrogens with one attached hydrogen (secondary N) is 1. The third-order valence-corrected chi connectivity index (χ3v) is 2.68. The van der Waals surface area contributed by atoms with Gasteiger partial charge in [-0.3, -0.25) is 4.79 Å². The highest BCUT2D eigenvalue weighted by atomic mass is 16.1. The van der Waals surface area contributed by atoms with E-state index >= 15 is 0 Å². The predicted molar refractivity (Wildman–Crippen MR) is 55.8 cm³/mol. The van der Waals surface area contributed by atoms with E-state index in [9.17, 15) is 4.79 Å². The number of carbonyl (C=O) groups is 1. The van der Waals surface area contributed by atoms with Gasteiger partial charge in [0.15, 0.2) is 0 Å². The fourth-order valence-electron chi connectivity index (χ4n) is 1.91. The molecule has 1 aromatic carbocycles. The van der Waals surface area contributed by atoms with Gasteiger partial charge in [0.05, 0.1) is 6.04 Å². The highest BCUT2D eigenvalue weighted by Crippen LogP contribution is 2.22. The standard InChI is InChI=1S/C12H15NO/c14-12-9-5-4-8-11(13-12)10-6-2-1-3-7-10/h1-3,6-7,11H,4-5,8-9H2,(H,13,14). The van der Waals surface area contributed by atoms with E-state index in [1.807, 2.05) is 18.2 Å². The van der Waals surface area contributed by atoms with Crippen molar-refractivity contribution in [3.63, 3.8) is 0 Å². The molecule has 0 radical (unpaired) electrons. The van der Waals surface area contributed by atoms with Crippen LogP contribution in [0.1, 0.15) is 37.3 Å². The van der Waals surface area contributed by atoms with Crippen LogP contribution in [0.4, 0.5) is 0 Å². The van der Waals surface area contributed by atoms with E-state index < -0.39 is 0 Å². The predicted octanol–water partition coefficient (Wildman–Crippen LogP) is 2.42. The first kappa shape index (κ1) is 9.25. The Hall–Kier alpha value is -1.31. The summed E-state index contributed by atoms with van der Waals surface area (Å²) < 4.78 is 0. The second kappa shape index (κ2) is 4.27. The first-order chi connectivity index (χ1) is 6.86. The minimum atomic E-state index is 0.191. The summed E-state index contributed by atoms with van der Waals surface area (Å²) in [4.78, 5) is 11.4. The molecule has 2 rings (SSSR count). The van der Waals surface area contributed by atoms with Gasteiger partial charge >= 0.3 is 0 Å². The number of benzene rings is 1. The SMILES string of the molecule is O=C1CCCCC(c2ccccc2)N1. The lowest BCUT2D eigenvalue weighted by molar-refractivity contribution is -0.121. The van der Waals surface area contributed by atoms with E-state index in [1.165, 1.54) is 5.56 Å². The number of hydrogen-bond donors (Lipinski definition) is 1. The van der Waals surface area contributed by atoms with Crippen molar-refractivity contribution in [2.45, 2.75) is 31.7 Å². The van der Waals surface area contributed by atoms with E-state index in [1.54, 1.807) is 0 Å². The van der Waals surface area contributed by atoms with E-state index in [0.29, 0.717) is 6.42 Å². The van der Waals surface area contributed by atoms with Crippen molar-refractivity contribution in [3.8, 4) is 0 Å². The molecule has 2 nitrogen and oxygen atoms in total. The van der Waals surface area contributed by atoms with Crippen molar-refractivity contribution in [1.82, 2.24) is 5.32 Å². The molecule has 0 aliphatic carbocycles. The van der Waals surface area contributed by atoms with Gasteiger partial charge in [-0.25, -0.2) is 0 Å². The second-order valence-corrected chi connectivity index (χ2v) is 3.78. The molecule has 1 heterocycles. The van der Waals surface area contributed by atoms with Crippen molar-refractivity contribution in [1.29, 1.82) is 0 Å². The lowest BCUT2D eigenvalue weighted by Gasteiger charge is -2.15. The third kappa shape index (κ3) is 2.13. The number of amides is 1. The van der Waals surface area contributed by atoms with Crippen LogP contribution < -0.4 is 5.32 Å². The fraction of sp³-hybridized carbons (Fsp3) is 0.417. The first-order valence-corrected chi connectivity index (χ1v) is 5.20. The summed E-state index contributed by atoms with van der Waals surface area (Å²) in [5, 5.41) is 3.06. The van der Waals surface area contributed by atoms with Gasteiger partial charge < -0.3 is 5.32 Å². The molecule has 1 aliphatic rings. The molecule has 74 valence electrons. The van der Waals surface area contributed by atoms with Crippen LogP contribution in [0.2, 0.25) is 0 Å². The summed E-state index contributed by atoms with van der Waals surface area (Å²) in [6.07, 6.45) is 3.91. The van der Waals surface area contributed by atoms with Crippen molar-refractivity contribution >= 4 is 5.91 Å². The molecular weight excluding hydrogens is 174 g/mol. The summed E-state index contributed by atoms with van der Waals surface area (Å²) >= 11 is 0. The van der Waals surface area contributed by atoms with Crippen LogP contribution in [0, 0.1) is 0 Å². The highest BCUT2D eigenvalue weighted by Gasteiger charge is 2.17. The molecule has 0 aromatic heterocycles. The monoisotopic (exact) mass is 189 g/mol. The average Bonchev–Trinajstić information content (AvgIpc) is 2.44. The Bertz CT molecular complexity index is 307. The Labute approximate surface area is 84.3 Å². The zero-order valence-electron chi connectivity index (χ0n) is 8.20. The van der Waals surface area contributed by atoms with Gasteiger partial charge in [-0.1, -0.05) is 36.8 Å². The zero-order valence-corrected chi connectivity index (χ0v) is 8.20. The quantitative estimate of drug-likeness (QED) is 0.722. The van der Waals surface area contributed by atoms with E-state index in [4.69, 9.17) is 0 Å². The van der Waals surface area contributed by atoms with Gasteiger partial charge in [0.1, 0.15) is 0 Å². The van der Waals surface area contributed by atoms with Gasteiger partial charge in [0.25, 0.3) is 0 Å². The molecule has 14 heavy (non-hydrogen) atoms. The minimum Gasteiger partial charge on any atom is -0.349 e. The summed E-state index contributed by atoms with van der Waals surface area (Å²) in [6.45, 7) is 0. The van der Waals surface area contributed by atoms with Crippen LogP contribution in [0.3, 0.4) is 0 Å². The summed E-state index contributed by atoms with van der Waals surface area (Å²) in [7, 11) is 0. The van der Waals surface area contributed by atoms with Crippen molar-refractivity contribution in [2.24, 2.45) is 0 Å². The molecule has 0 saturated carbocycles. The Kier molecular flexibility index (Phi) is 2.82. The molecule has 1 fully saturated rings. The Morgan fingerprint density at radius 3 is 2.71 bits per heavy atom. The Morgan fingerprint density at radius 1 is 1.14 bits per heavy atom. The first-order valence-electron chi connectivity index (χ1n) is 5.20. The molecule has 1 atom stereocenters. The lowest BCUT2D eigenvalue weighted by Crippen LogP contribution is -2.25. The fourth-order valence-corrected chi connectivity index (χ4v) is 1.91. The number of rotatable bonds is 1. The van der Waals surface area contributed by atoms with Crippen molar-refractivity contribution in [2.75, 3.05) is 0 Å². The lowest BCUT2D eigenvalue weighted by atomic mass is 10.0. The van der Waals surface area contributed by atoms with E-state index in [-0.39, 0.29) is 11.9 Å². The van der Waals surface area contributed by atoms with Crippen LogP contribution >= 0.6 is 0 Å². The summed E-state index contributed by atoms with van der Waals surface area (Å²) in [6, 6.07) is 10.4. The van der Waals surface area contributed by atoms with Crippen LogP contribution in [-0.2, 0) is 4.79 Å². The topological polar surface area (TPSA) is 29.1 Å². The molecule has 0 bridgehead atoms. The van der Waals surface area contributed by atoms with Crippen LogP contribution in [0.15, 0.2) is 30.3 Å². The van der Waals surface area contributed by atoms with E-state index in [0.717, 1.165) is 19.3 Å². The number of hydrogen-bond acceptors (Lipinski definition) is 1. The largest absolute Gasteiger partial charge is 0.349 e. The van der Waals surface area contributed by atoms with Crippen LogP contribution in [0.25, 0.3) is 0 Å². The molecule has 1 amide bonds. The van der Waals surface area contributed by atoms with E-state index in [2.05, 4.69) is 17.4 Å². The van der Waals surface area contributed by atoms with Gasteiger partial charge in [0.2, 0.25) is 5.91 Å². The maximum atomic E-state index is 11.4. The second-order valence-electron chi connectivity index (χ2n) is 3.78. The molecule has 1 unspecified atom stereocenters.